The fraction of sp³-hybridized carbons (Fsp3) is 0.125. The minimum absolute atomic E-state index is 0.0805. The number of pyridine rings is 1. The van der Waals surface area contributed by atoms with Crippen LogP contribution in [0.25, 0.3) is 0 Å². The molecule has 1 N–H and O–H groups in total. The van der Waals surface area contributed by atoms with E-state index in [-0.39, 0.29) is 5.91 Å². The first kappa shape index (κ1) is 20.5. The molecule has 0 fully saturated rings. The maximum Gasteiger partial charge on any atom is 0.341 e. The smallest absolute Gasteiger partial charge is 0.341 e. The molecule has 4 rings (SSSR count). The number of carbonyl (C=O) groups excluding carboxylic acids is 2. The number of fused-ring (bicyclic) bond motifs is 2. The van der Waals surface area contributed by atoms with Crippen LogP contribution in [0.1, 0.15) is 27.6 Å². The Morgan fingerprint density at radius 1 is 1.16 bits per heavy atom. The summed E-state index contributed by atoms with van der Waals surface area (Å²) in [7, 11) is 1.33. The molecule has 0 atom stereocenters. The predicted molar refractivity (Wildman–Crippen MR) is 121 cm³/mol. The van der Waals surface area contributed by atoms with Crippen LogP contribution < -0.4 is 10.2 Å². The van der Waals surface area contributed by atoms with E-state index in [9.17, 15) is 9.59 Å². The van der Waals surface area contributed by atoms with E-state index in [4.69, 9.17) is 4.74 Å². The Bertz CT molecular complexity index is 1230. The molecule has 0 aliphatic carbocycles. The number of benzene rings is 2. The van der Waals surface area contributed by atoms with Gasteiger partial charge in [0, 0.05) is 21.7 Å². The van der Waals surface area contributed by atoms with Gasteiger partial charge in [-0.15, -0.1) is 5.92 Å². The van der Waals surface area contributed by atoms with Crippen molar-refractivity contribution in [2.75, 3.05) is 23.9 Å². The maximum absolute atomic E-state index is 13.2. The molecular formula is C24H19N3O3S. The minimum atomic E-state index is -0.469. The second kappa shape index (κ2) is 8.94. The van der Waals surface area contributed by atoms with Gasteiger partial charge in [-0.25, -0.2) is 9.78 Å². The van der Waals surface area contributed by atoms with Gasteiger partial charge in [-0.3, -0.25) is 9.69 Å². The van der Waals surface area contributed by atoms with Crippen molar-refractivity contribution in [3.05, 3.63) is 71.9 Å². The number of nitrogens with zero attached hydrogens (tertiary/aromatic N) is 2. The number of hydrogen-bond donors (Lipinski definition) is 1. The number of amides is 1. The third kappa shape index (κ3) is 4.11. The molecule has 154 valence electrons. The van der Waals surface area contributed by atoms with E-state index in [0.717, 1.165) is 21.2 Å². The monoisotopic (exact) mass is 429 g/mol. The first-order chi connectivity index (χ1) is 15.1. The molecule has 1 aromatic heterocycles. The highest BCUT2D eigenvalue weighted by atomic mass is 32.2. The molecule has 0 bridgehead atoms. The van der Waals surface area contributed by atoms with Crippen LogP contribution in [-0.4, -0.2) is 30.5 Å². The zero-order chi connectivity index (χ0) is 21.8. The van der Waals surface area contributed by atoms with Gasteiger partial charge in [0.05, 0.1) is 24.9 Å². The Balaban J connectivity index is 1.76. The van der Waals surface area contributed by atoms with E-state index < -0.39 is 5.97 Å². The van der Waals surface area contributed by atoms with Crippen molar-refractivity contribution in [3.63, 3.8) is 0 Å². The van der Waals surface area contributed by atoms with Crippen LogP contribution in [0.4, 0.5) is 17.2 Å². The number of rotatable bonds is 4. The number of hydrogen-bond acceptors (Lipinski definition) is 6. The van der Waals surface area contributed by atoms with Gasteiger partial charge in [0.25, 0.3) is 5.91 Å². The van der Waals surface area contributed by atoms with Gasteiger partial charge in [-0.05, 0) is 49.4 Å². The molecule has 0 saturated heterocycles. The van der Waals surface area contributed by atoms with Gasteiger partial charge < -0.3 is 10.1 Å². The summed E-state index contributed by atoms with van der Waals surface area (Å²) >= 11 is 1.52. The van der Waals surface area contributed by atoms with Crippen molar-refractivity contribution < 1.29 is 14.3 Å². The van der Waals surface area contributed by atoms with E-state index in [1.165, 1.54) is 18.9 Å². The van der Waals surface area contributed by atoms with E-state index in [2.05, 4.69) is 22.1 Å². The van der Waals surface area contributed by atoms with E-state index >= 15 is 0 Å². The van der Waals surface area contributed by atoms with Crippen LogP contribution in [0.5, 0.6) is 0 Å². The number of anilines is 3. The molecule has 0 spiro atoms. The number of carbonyl (C=O) groups is 2. The topological polar surface area (TPSA) is 71.5 Å². The lowest BCUT2D eigenvalue weighted by molar-refractivity contribution is 0.0601. The SMILES string of the molecule is CC#CCN1C(=O)c2ccccc2Sc2cc(Nc3ncccc3C(=O)OC)ccc21. The van der Waals surface area contributed by atoms with Gasteiger partial charge >= 0.3 is 5.97 Å². The van der Waals surface area contributed by atoms with Crippen LogP contribution in [0.2, 0.25) is 0 Å². The molecule has 31 heavy (non-hydrogen) atoms. The summed E-state index contributed by atoms with van der Waals surface area (Å²) in [5.74, 6) is 5.71. The van der Waals surface area contributed by atoms with Gasteiger partial charge in [-0.2, -0.15) is 0 Å². The van der Waals surface area contributed by atoms with Gasteiger partial charge in [0.15, 0.2) is 0 Å². The van der Waals surface area contributed by atoms with Crippen LogP contribution in [0, 0.1) is 11.8 Å². The fourth-order valence-electron chi connectivity index (χ4n) is 3.23. The summed E-state index contributed by atoms with van der Waals surface area (Å²) < 4.78 is 4.84. The summed E-state index contributed by atoms with van der Waals surface area (Å²) in [4.78, 5) is 33.0. The average Bonchev–Trinajstić information content (AvgIpc) is 2.91. The second-order valence-electron chi connectivity index (χ2n) is 6.61. The molecule has 1 amide bonds. The molecule has 2 aromatic carbocycles. The normalized spacial score (nSPS) is 12.1. The Labute approximate surface area is 184 Å². The number of aromatic nitrogens is 1. The summed E-state index contributed by atoms with van der Waals surface area (Å²) in [6, 6.07) is 16.6. The van der Waals surface area contributed by atoms with Gasteiger partial charge in [0.1, 0.15) is 11.4 Å². The Kier molecular flexibility index (Phi) is 5.92. The Morgan fingerprint density at radius 2 is 2.00 bits per heavy atom. The number of nitrogens with one attached hydrogen (secondary N) is 1. The zero-order valence-corrected chi connectivity index (χ0v) is 17.8. The van der Waals surface area contributed by atoms with Crippen molar-refractivity contribution in [1.29, 1.82) is 0 Å². The highest BCUT2D eigenvalue weighted by Gasteiger charge is 2.27. The zero-order valence-electron chi connectivity index (χ0n) is 17.0. The molecular weight excluding hydrogens is 410 g/mol. The molecule has 1 aliphatic heterocycles. The quantitative estimate of drug-likeness (QED) is 0.477. The first-order valence-corrected chi connectivity index (χ1v) is 10.4. The molecule has 2 heterocycles. The average molecular weight is 430 g/mol. The summed E-state index contributed by atoms with van der Waals surface area (Å²) in [5, 5.41) is 3.19. The maximum atomic E-state index is 13.2. The largest absolute Gasteiger partial charge is 0.465 e. The second-order valence-corrected chi connectivity index (χ2v) is 7.70. The third-order valence-corrected chi connectivity index (χ3v) is 5.85. The lowest BCUT2D eigenvalue weighted by Crippen LogP contribution is -2.31. The van der Waals surface area contributed by atoms with Crippen molar-refractivity contribution in [1.82, 2.24) is 4.98 Å². The molecule has 7 heteroatoms. The highest BCUT2D eigenvalue weighted by Crippen LogP contribution is 2.42. The fourth-order valence-corrected chi connectivity index (χ4v) is 4.35. The van der Waals surface area contributed by atoms with Crippen LogP contribution in [-0.2, 0) is 4.74 Å². The third-order valence-electron chi connectivity index (χ3n) is 4.72. The minimum Gasteiger partial charge on any atom is -0.465 e. The summed E-state index contributed by atoms with van der Waals surface area (Å²) in [6.45, 7) is 2.06. The number of methoxy groups -OCH3 is 1. The van der Waals surface area contributed by atoms with E-state index in [1.54, 1.807) is 30.2 Å². The van der Waals surface area contributed by atoms with E-state index in [1.807, 2.05) is 42.5 Å². The van der Waals surface area contributed by atoms with E-state index in [0.29, 0.717) is 23.5 Å². The van der Waals surface area contributed by atoms with Crippen molar-refractivity contribution in [3.8, 4) is 11.8 Å². The summed E-state index contributed by atoms with van der Waals surface area (Å²) in [6.07, 6.45) is 1.60. The number of ether oxygens (including phenoxy) is 1. The molecule has 0 saturated carbocycles. The molecule has 3 aromatic rings. The summed E-state index contributed by atoms with van der Waals surface area (Å²) in [5.41, 5.74) is 2.51. The highest BCUT2D eigenvalue weighted by molar-refractivity contribution is 7.99. The lowest BCUT2D eigenvalue weighted by atomic mass is 10.1. The van der Waals surface area contributed by atoms with Crippen LogP contribution in [0.3, 0.4) is 0 Å². The number of esters is 1. The first-order valence-electron chi connectivity index (χ1n) is 9.55. The van der Waals surface area contributed by atoms with Crippen LogP contribution in [0.15, 0.2) is 70.6 Å². The predicted octanol–water partition coefficient (Wildman–Crippen LogP) is 4.75. The van der Waals surface area contributed by atoms with Crippen LogP contribution >= 0.6 is 11.8 Å². The van der Waals surface area contributed by atoms with Crippen molar-refractivity contribution >= 4 is 40.8 Å². The van der Waals surface area contributed by atoms with Gasteiger partial charge in [0.2, 0.25) is 0 Å². The van der Waals surface area contributed by atoms with Crippen molar-refractivity contribution in [2.45, 2.75) is 16.7 Å². The molecule has 6 nitrogen and oxygen atoms in total. The molecule has 0 unspecified atom stereocenters. The molecule has 0 radical (unpaired) electrons. The van der Waals surface area contributed by atoms with Crippen molar-refractivity contribution in [2.24, 2.45) is 0 Å². The lowest BCUT2D eigenvalue weighted by Gasteiger charge is -2.21. The standard InChI is InChI=1S/C24H19N3O3S/c1-3-4-14-27-19-12-11-16(26-22-18(24(29)30-2)9-7-13-25-22)15-21(19)31-20-10-6-5-8-17(20)23(27)28/h5-13,15H,14H2,1-2H3,(H,25,26). The van der Waals surface area contributed by atoms with Gasteiger partial charge in [-0.1, -0.05) is 29.8 Å². The Hall–Kier alpha value is -3.76. The Morgan fingerprint density at radius 3 is 2.81 bits per heavy atom. The molecule has 1 aliphatic rings.